The Bertz CT molecular complexity index is 4780. The summed E-state index contributed by atoms with van der Waals surface area (Å²) in [4.78, 5) is 9.26. The maximum absolute atomic E-state index is 5.71. The Balaban J connectivity index is 0.818. The minimum Gasteiger partial charge on any atom is -0.497 e. The van der Waals surface area contributed by atoms with Crippen molar-refractivity contribution in [2.24, 2.45) is 0 Å². The summed E-state index contributed by atoms with van der Waals surface area (Å²) in [5.74, 6) is 4.79. The van der Waals surface area contributed by atoms with Gasteiger partial charge >= 0.3 is 0 Å². The molecular formula is C84H71N5O6. The third-order valence-electron chi connectivity index (χ3n) is 17.7. The Morgan fingerprint density at radius 2 is 0.568 bits per heavy atom. The molecule has 1 atom stereocenters. The van der Waals surface area contributed by atoms with Gasteiger partial charge in [-0.15, -0.1) is 0 Å². The maximum atomic E-state index is 5.71. The van der Waals surface area contributed by atoms with Crippen LogP contribution in [0.2, 0.25) is 0 Å². The molecular weight excluding hydrogens is 1170 g/mol. The number of methoxy groups -OCH3 is 6. The third-order valence-corrected chi connectivity index (χ3v) is 17.7. The Hall–Kier alpha value is -12.1. The Morgan fingerprint density at radius 3 is 0.884 bits per heavy atom. The largest absolute Gasteiger partial charge is 0.497 e. The predicted molar refractivity (Wildman–Crippen MR) is 389 cm³/mol. The zero-order valence-electron chi connectivity index (χ0n) is 53.8. The number of rotatable bonds is 21. The second-order valence-electron chi connectivity index (χ2n) is 23.1. The van der Waals surface area contributed by atoms with Gasteiger partial charge < -0.3 is 52.6 Å². The van der Waals surface area contributed by atoms with E-state index in [0.29, 0.717) is 0 Å². The highest BCUT2D eigenvalue weighted by molar-refractivity contribution is 5.92. The van der Waals surface area contributed by atoms with Crippen LogP contribution >= 0.6 is 0 Å². The lowest BCUT2D eigenvalue weighted by Crippen LogP contribution is -2.39. The van der Waals surface area contributed by atoms with Gasteiger partial charge in [0, 0.05) is 84.2 Å². The second-order valence-corrected chi connectivity index (χ2v) is 23.1. The molecule has 1 aliphatic rings. The number of anilines is 11. The minimum absolute atomic E-state index is 0.0614. The summed E-state index contributed by atoms with van der Waals surface area (Å²) in [5, 5.41) is 3.47. The summed E-state index contributed by atoms with van der Waals surface area (Å²) in [6.07, 6.45) is 5.65. The summed E-state index contributed by atoms with van der Waals surface area (Å²) >= 11 is 0. The van der Waals surface area contributed by atoms with Gasteiger partial charge in [-0.2, -0.15) is 0 Å². The highest BCUT2D eigenvalue weighted by atomic mass is 16.5. The Labute approximate surface area is 554 Å². The topological polar surface area (TPSA) is 73.3 Å². The van der Waals surface area contributed by atoms with Gasteiger partial charge in [-0.3, -0.25) is 0 Å². The van der Waals surface area contributed by atoms with E-state index in [2.05, 4.69) is 255 Å². The van der Waals surface area contributed by atoms with Crippen molar-refractivity contribution in [2.75, 3.05) is 62.3 Å². The highest BCUT2D eigenvalue weighted by Crippen LogP contribution is 2.43. The van der Waals surface area contributed by atoms with Crippen molar-refractivity contribution in [3.05, 3.63) is 302 Å². The molecule has 0 aliphatic heterocycles. The standard InChI is InChI=1S/C84H71N5O6/c1-90-75-42-28-67(29-43-75)85(68-30-44-76(91-2)45-31-68)63-20-12-58(13-21-63)60-16-24-65(25-17-60)87(71-36-50-79(94-5)51-37-71)73-40-54-83-81(56-73)82-57-74(41-55-84(82)89(83)62-10-8-7-9-11-62)88(72-38-52-80(95-6)53-39-72)66-26-18-61(19-27-66)59-14-22-64(23-15-59)86(69-32-46-77(92-3)47-33-69)70-34-48-78(93-4)49-35-70/h7-40,42-57,74H,41H2,1-6H3. The fourth-order valence-electron chi connectivity index (χ4n) is 12.9. The number of ether oxygens (including phenoxy) is 6. The third kappa shape index (κ3) is 12.3. The first kappa shape index (κ1) is 60.5. The van der Waals surface area contributed by atoms with Crippen molar-refractivity contribution in [3.63, 3.8) is 0 Å². The minimum atomic E-state index is -0.0614. The molecule has 0 saturated carbocycles. The van der Waals surface area contributed by atoms with E-state index in [4.69, 9.17) is 28.4 Å². The molecule has 0 amide bonds. The van der Waals surface area contributed by atoms with E-state index in [-0.39, 0.29) is 6.04 Å². The van der Waals surface area contributed by atoms with Crippen molar-refractivity contribution < 1.29 is 28.4 Å². The molecule has 0 saturated heterocycles. The lowest BCUT2D eigenvalue weighted by atomic mass is 10.0. The summed E-state index contributed by atoms with van der Waals surface area (Å²) < 4.78 is 35.9. The first-order valence-electron chi connectivity index (χ1n) is 31.7. The predicted octanol–water partition coefficient (Wildman–Crippen LogP) is 19.6. The van der Waals surface area contributed by atoms with E-state index in [1.807, 2.05) is 72.8 Å². The number of nitrogens with zero attached hydrogens (tertiary/aromatic N) is 5. The molecule has 11 heteroatoms. The van der Waals surface area contributed by atoms with Crippen LogP contribution in [0.1, 0.15) is 6.42 Å². The lowest BCUT2D eigenvalue weighted by molar-refractivity contribution is 0.414. The summed E-state index contributed by atoms with van der Waals surface area (Å²) in [7, 11) is 10.2. The Kier molecular flexibility index (Phi) is 17.2. The van der Waals surface area contributed by atoms with Gasteiger partial charge in [0.1, 0.15) is 34.5 Å². The van der Waals surface area contributed by atoms with E-state index >= 15 is 0 Å². The van der Waals surface area contributed by atoms with E-state index < -0.39 is 0 Å². The smallest absolute Gasteiger partial charge is 0.119 e. The lowest BCUT2D eigenvalue weighted by Gasteiger charge is -2.33. The van der Waals surface area contributed by atoms with Gasteiger partial charge in [-0.1, -0.05) is 78.9 Å². The zero-order chi connectivity index (χ0) is 64.8. The van der Waals surface area contributed by atoms with Crippen molar-refractivity contribution in [2.45, 2.75) is 12.5 Å². The first-order valence-corrected chi connectivity index (χ1v) is 31.7. The van der Waals surface area contributed by atoms with Crippen LogP contribution < -0.4 is 58.6 Å². The van der Waals surface area contributed by atoms with Crippen molar-refractivity contribution >= 4 is 85.6 Å². The van der Waals surface area contributed by atoms with Crippen LogP contribution in [0.5, 0.6) is 34.5 Å². The molecule has 12 aromatic carbocycles. The van der Waals surface area contributed by atoms with E-state index in [1.54, 1.807) is 42.7 Å². The van der Waals surface area contributed by atoms with Gasteiger partial charge in [-0.25, -0.2) is 0 Å². The molecule has 0 fully saturated rings. The SMILES string of the molecule is COc1ccc(N(c2ccc(OC)cc2)c2ccc(-c3ccc(N(c4ccc(OC)cc4)c4ccc5c(c4)c4c(n5-c5ccccc5)=CCC(N(c5ccc(OC)cc5)c5ccc(-c6ccc(N(c7ccc(OC)cc7)c7ccc(OC)cc7)cc6)cc5)C=4)cc3)cc2)cc1. The van der Waals surface area contributed by atoms with Gasteiger partial charge in [0.05, 0.1) is 54.2 Å². The quantitative estimate of drug-likeness (QED) is 0.0695. The van der Waals surface area contributed by atoms with Gasteiger partial charge in [-0.05, 0) is 253 Å². The molecule has 468 valence electrons. The molecule has 1 unspecified atom stereocenters. The average molecular weight is 1250 g/mol. The first-order chi connectivity index (χ1) is 46.8. The van der Waals surface area contributed by atoms with Crippen LogP contribution in [-0.4, -0.2) is 53.3 Å². The van der Waals surface area contributed by atoms with Gasteiger partial charge in [0.2, 0.25) is 0 Å². The van der Waals surface area contributed by atoms with Crippen LogP contribution in [0.25, 0.3) is 51.0 Å². The highest BCUT2D eigenvalue weighted by Gasteiger charge is 2.25. The number of benzene rings is 12. The van der Waals surface area contributed by atoms with Crippen molar-refractivity contribution in [3.8, 4) is 62.4 Å². The molecule has 14 rings (SSSR count). The number of para-hydroxylation sites is 1. The maximum Gasteiger partial charge on any atom is 0.119 e. The molecule has 1 aliphatic carbocycles. The molecule has 13 aromatic rings. The molecule has 1 heterocycles. The van der Waals surface area contributed by atoms with E-state index in [0.717, 1.165) is 148 Å². The van der Waals surface area contributed by atoms with Crippen LogP contribution in [0.15, 0.2) is 291 Å². The number of hydrogen-bond acceptors (Lipinski definition) is 10. The van der Waals surface area contributed by atoms with E-state index in [1.165, 1.54) is 5.22 Å². The fraction of sp³-hybridized carbons (Fsp3) is 0.0952. The Morgan fingerprint density at radius 1 is 0.295 bits per heavy atom. The normalized spacial score (nSPS) is 12.3. The summed E-state index contributed by atoms with van der Waals surface area (Å²) in [5.41, 5.74) is 17.9. The van der Waals surface area contributed by atoms with Gasteiger partial charge in [0.15, 0.2) is 0 Å². The molecule has 95 heavy (non-hydrogen) atoms. The average Bonchev–Trinajstić information content (AvgIpc) is 1.59. The van der Waals surface area contributed by atoms with Crippen LogP contribution in [-0.2, 0) is 0 Å². The van der Waals surface area contributed by atoms with Gasteiger partial charge in [0.25, 0.3) is 0 Å². The van der Waals surface area contributed by atoms with Crippen molar-refractivity contribution in [1.82, 2.24) is 4.57 Å². The molecule has 0 bridgehead atoms. The van der Waals surface area contributed by atoms with E-state index in [9.17, 15) is 0 Å². The van der Waals surface area contributed by atoms with Crippen LogP contribution in [0.4, 0.5) is 62.6 Å². The fourth-order valence-corrected chi connectivity index (χ4v) is 12.9. The number of aromatic nitrogens is 1. The zero-order valence-corrected chi connectivity index (χ0v) is 53.8. The monoisotopic (exact) mass is 1250 g/mol. The molecule has 1 aromatic heterocycles. The molecule has 0 N–H and O–H groups in total. The van der Waals surface area contributed by atoms with Crippen LogP contribution in [0.3, 0.4) is 0 Å². The molecule has 11 nitrogen and oxygen atoms in total. The number of fused-ring (bicyclic) bond motifs is 3. The summed E-state index contributed by atoms with van der Waals surface area (Å²) in [6.45, 7) is 0. The summed E-state index contributed by atoms with van der Waals surface area (Å²) in [6, 6.07) is 102. The molecule has 0 spiro atoms. The van der Waals surface area contributed by atoms with Crippen molar-refractivity contribution in [1.29, 1.82) is 0 Å². The van der Waals surface area contributed by atoms with Crippen LogP contribution in [0, 0.1) is 0 Å². The number of hydrogen-bond donors (Lipinski definition) is 0. The molecule has 0 radical (unpaired) electrons. The second kappa shape index (κ2) is 27.0.